The van der Waals surface area contributed by atoms with Crippen molar-refractivity contribution >= 4 is 11.6 Å². The number of furan rings is 1. The summed E-state index contributed by atoms with van der Waals surface area (Å²) < 4.78 is 10.5. The fourth-order valence-electron chi connectivity index (χ4n) is 1.14. The van der Waals surface area contributed by atoms with Crippen molar-refractivity contribution in [2.75, 3.05) is 0 Å². The maximum absolute atomic E-state index is 5.56. The summed E-state index contributed by atoms with van der Waals surface area (Å²) in [7, 11) is 0. The topological polar surface area (TPSA) is 39.2 Å². The van der Waals surface area contributed by atoms with E-state index in [-0.39, 0.29) is 5.88 Å². The molecule has 3 nitrogen and oxygen atoms in total. The second kappa shape index (κ2) is 3.26. The van der Waals surface area contributed by atoms with Gasteiger partial charge in [-0.25, -0.2) is 4.98 Å². The first-order valence-electron chi connectivity index (χ1n) is 3.86. The summed E-state index contributed by atoms with van der Waals surface area (Å²) in [5.41, 5.74) is 0.920. The van der Waals surface area contributed by atoms with E-state index in [1.165, 1.54) is 0 Å². The molecule has 0 radical (unpaired) electrons. The molecule has 2 rings (SSSR count). The second-order valence-electron chi connectivity index (χ2n) is 2.64. The Hall–Kier alpha value is -1.22. The highest BCUT2D eigenvalue weighted by atomic mass is 35.5. The summed E-state index contributed by atoms with van der Waals surface area (Å²) in [5.74, 6) is 2.33. The van der Waals surface area contributed by atoms with Crippen LogP contribution in [0.4, 0.5) is 0 Å². The maximum atomic E-state index is 5.56. The molecule has 0 saturated carbocycles. The van der Waals surface area contributed by atoms with Gasteiger partial charge >= 0.3 is 0 Å². The van der Waals surface area contributed by atoms with Crippen LogP contribution < -0.4 is 0 Å². The van der Waals surface area contributed by atoms with Crippen LogP contribution in [0.15, 0.2) is 27.4 Å². The molecule has 0 saturated heterocycles. The largest absolute Gasteiger partial charge is 0.469 e. The van der Waals surface area contributed by atoms with Crippen LogP contribution in [0.1, 0.15) is 11.7 Å². The number of halogens is 1. The molecule has 0 atom stereocenters. The standard InChI is InChI=1S/C9H8ClNO2/c1-6-7(2-3-12-6)8-5-11-9(4-10)13-8/h2-3,5H,4H2,1H3. The number of alkyl halides is 1. The first-order valence-corrected chi connectivity index (χ1v) is 4.40. The summed E-state index contributed by atoms with van der Waals surface area (Å²) in [4.78, 5) is 3.99. The molecule has 4 heteroatoms. The Morgan fingerprint density at radius 1 is 1.54 bits per heavy atom. The van der Waals surface area contributed by atoms with E-state index < -0.39 is 0 Å². The van der Waals surface area contributed by atoms with Crippen LogP contribution in [0, 0.1) is 6.92 Å². The fourth-order valence-corrected chi connectivity index (χ4v) is 1.26. The molecule has 2 aromatic rings. The summed E-state index contributed by atoms with van der Waals surface area (Å²) in [6.45, 7) is 1.87. The lowest BCUT2D eigenvalue weighted by molar-refractivity contribution is 0.517. The molecular weight excluding hydrogens is 190 g/mol. The highest BCUT2D eigenvalue weighted by molar-refractivity contribution is 6.16. The van der Waals surface area contributed by atoms with Gasteiger partial charge in [-0.1, -0.05) is 0 Å². The number of hydrogen-bond acceptors (Lipinski definition) is 3. The zero-order valence-corrected chi connectivity index (χ0v) is 7.84. The lowest BCUT2D eigenvalue weighted by atomic mass is 10.2. The van der Waals surface area contributed by atoms with E-state index in [9.17, 15) is 0 Å². The summed E-state index contributed by atoms with van der Waals surface area (Å²) in [6.07, 6.45) is 3.27. The third-order valence-electron chi connectivity index (χ3n) is 1.79. The van der Waals surface area contributed by atoms with E-state index in [1.54, 1.807) is 12.5 Å². The van der Waals surface area contributed by atoms with Crippen molar-refractivity contribution in [3.63, 3.8) is 0 Å². The fraction of sp³-hybridized carbons (Fsp3) is 0.222. The van der Waals surface area contributed by atoms with Crippen molar-refractivity contribution in [3.05, 3.63) is 30.2 Å². The summed E-state index contributed by atoms with van der Waals surface area (Å²) in [5, 5.41) is 0. The minimum Gasteiger partial charge on any atom is -0.469 e. The Kier molecular flexibility index (Phi) is 2.10. The van der Waals surface area contributed by atoms with Gasteiger partial charge in [0.2, 0.25) is 5.89 Å². The molecule has 0 aliphatic carbocycles. The number of aromatic nitrogens is 1. The van der Waals surface area contributed by atoms with Crippen LogP contribution in [0.5, 0.6) is 0 Å². The molecular formula is C9H8ClNO2. The monoisotopic (exact) mass is 197 g/mol. The maximum Gasteiger partial charge on any atom is 0.209 e. The Labute approximate surface area is 80.3 Å². The SMILES string of the molecule is Cc1occc1-c1cnc(CCl)o1. The van der Waals surface area contributed by atoms with Crippen LogP contribution in [0.2, 0.25) is 0 Å². The zero-order chi connectivity index (χ0) is 9.26. The number of nitrogens with zero attached hydrogens (tertiary/aromatic N) is 1. The number of rotatable bonds is 2. The normalized spacial score (nSPS) is 10.6. The molecule has 0 bridgehead atoms. The molecule has 2 aromatic heterocycles. The first kappa shape index (κ1) is 8.38. The van der Waals surface area contributed by atoms with E-state index in [0.29, 0.717) is 11.7 Å². The van der Waals surface area contributed by atoms with Gasteiger partial charge in [0.15, 0.2) is 5.76 Å². The molecule has 0 aliphatic heterocycles. The van der Waals surface area contributed by atoms with Gasteiger partial charge in [0, 0.05) is 0 Å². The van der Waals surface area contributed by atoms with Gasteiger partial charge in [0.1, 0.15) is 5.76 Å². The van der Waals surface area contributed by atoms with E-state index in [0.717, 1.165) is 11.3 Å². The highest BCUT2D eigenvalue weighted by Gasteiger charge is 2.09. The smallest absolute Gasteiger partial charge is 0.209 e. The van der Waals surface area contributed by atoms with Gasteiger partial charge < -0.3 is 8.83 Å². The highest BCUT2D eigenvalue weighted by Crippen LogP contribution is 2.25. The molecule has 68 valence electrons. The van der Waals surface area contributed by atoms with Gasteiger partial charge in [-0.2, -0.15) is 0 Å². The van der Waals surface area contributed by atoms with Crippen molar-refractivity contribution in [1.82, 2.24) is 4.98 Å². The Balaban J connectivity index is 2.41. The quantitative estimate of drug-likeness (QED) is 0.695. The van der Waals surface area contributed by atoms with Crippen molar-refractivity contribution in [3.8, 4) is 11.3 Å². The number of aryl methyl sites for hydroxylation is 1. The predicted molar refractivity (Wildman–Crippen MR) is 48.5 cm³/mol. The third-order valence-corrected chi connectivity index (χ3v) is 2.02. The Bertz CT molecular complexity index is 405. The van der Waals surface area contributed by atoms with Crippen LogP contribution >= 0.6 is 11.6 Å². The Morgan fingerprint density at radius 2 is 2.38 bits per heavy atom. The van der Waals surface area contributed by atoms with E-state index in [4.69, 9.17) is 20.4 Å². The number of oxazole rings is 1. The number of hydrogen-bond donors (Lipinski definition) is 0. The van der Waals surface area contributed by atoms with Gasteiger partial charge in [0.25, 0.3) is 0 Å². The molecule has 0 amide bonds. The van der Waals surface area contributed by atoms with Gasteiger partial charge in [-0.15, -0.1) is 11.6 Å². The van der Waals surface area contributed by atoms with E-state index in [1.807, 2.05) is 13.0 Å². The van der Waals surface area contributed by atoms with Crippen LogP contribution in [0.25, 0.3) is 11.3 Å². The average Bonchev–Trinajstić information content (AvgIpc) is 2.71. The first-order chi connectivity index (χ1) is 6.31. The lowest BCUT2D eigenvalue weighted by Gasteiger charge is -1.90. The van der Waals surface area contributed by atoms with Crippen LogP contribution in [-0.4, -0.2) is 4.98 Å². The van der Waals surface area contributed by atoms with E-state index in [2.05, 4.69) is 4.98 Å². The predicted octanol–water partition coefficient (Wildman–Crippen LogP) is 2.98. The van der Waals surface area contributed by atoms with Gasteiger partial charge in [-0.3, -0.25) is 0 Å². The average molecular weight is 198 g/mol. The van der Waals surface area contributed by atoms with Crippen LogP contribution in [0.3, 0.4) is 0 Å². The second-order valence-corrected chi connectivity index (χ2v) is 2.91. The zero-order valence-electron chi connectivity index (χ0n) is 7.08. The molecule has 13 heavy (non-hydrogen) atoms. The third kappa shape index (κ3) is 1.47. The molecule has 0 aliphatic rings. The van der Waals surface area contributed by atoms with E-state index >= 15 is 0 Å². The van der Waals surface area contributed by atoms with Crippen LogP contribution in [-0.2, 0) is 5.88 Å². The molecule has 0 fully saturated rings. The molecule has 0 unspecified atom stereocenters. The van der Waals surface area contributed by atoms with Crippen molar-refractivity contribution in [2.24, 2.45) is 0 Å². The molecule has 0 spiro atoms. The minimum absolute atomic E-state index is 0.289. The van der Waals surface area contributed by atoms with Crippen molar-refractivity contribution in [2.45, 2.75) is 12.8 Å². The Morgan fingerprint density at radius 3 is 2.92 bits per heavy atom. The molecule has 0 N–H and O–H groups in total. The molecule has 2 heterocycles. The molecule has 0 aromatic carbocycles. The minimum atomic E-state index is 0.289. The van der Waals surface area contributed by atoms with Crippen molar-refractivity contribution in [1.29, 1.82) is 0 Å². The summed E-state index contributed by atoms with van der Waals surface area (Å²) in [6, 6.07) is 1.84. The van der Waals surface area contributed by atoms with Gasteiger partial charge in [-0.05, 0) is 13.0 Å². The summed E-state index contributed by atoms with van der Waals surface area (Å²) >= 11 is 5.56. The van der Waals surface area contributed by atoms with Crippen molar-refractivity contribution < 1.29 is 8.83 Å². The van der Waals surface area contributed by atoms with Gasteiger partial charge in [0.05, 0.1) is 23.9 Å². The lowest BCUT2D eigenvalue weighted by Crippen LogP contribution is -1.72.